The molecule has 6 N–H and O–H groups in total. The molecule has 1 rings (SSSR count). The van der Waals surface area contributed by atoms with Crippen molar-refractivity contribution in [1.29, 1.82) is 0 Å². The van der Waals surface area contributed by atoms with E-state index in [0.29, 0.717) is 38.0 Å². The van der Waals surface area contributed by atoms with Crippen molar-refractivity contribution in [3.8, 4) is 0 Å². The second kappa shape index (κ2) is 25.8. The average molecular weight is 610 g/mol. The summed E-state index contributed by atoms with van der Waals surface area (Å²) in [4.78, 5) is 61.4. The molecule has 240 valence electrons. The lowest BCUT2D eigenvalue weighted by molar-refractivity contribution is -0.131. The van der Waals surface area contributed by atoms with Gasteiger partial charge >= 0.3 is 0 Å². The average Bonchev–Trinajstić information content (AvgIpc) is 2.99. The SMILES string of the molecule is CC.CC.CSCCC(NC(C)=O)C(=O)NCC(=O)NC(Cc1ccccc1)C(=O)NCCCCC(N)C(=O)C(C)C. The van der Waals surface area contributed by atoms with Gasteiger partial charge in [-0.05, 0) is 43.3 Å². The summed E-state index contributed by atoms with van der Waals surface area (Å²) in [5.74, 6) is -1.05. The molecule has 0 aliphatic carbocycles. The molecule has 10 nitrogen and oxygen atoms in total. The number of amides is 4. The number of ketones is 1. The Labute approximate surface area is 257 Å². The van der Waals surface area contributed by atoms with Gasteiger partial charge in [0.15, 0.2) is 5.78 Å². The van der Waals surface area contributed by atoms with Crippen molar-refractivity contribution in [3.05, 3.63) is 35.9 Å². The highest BCUT2D eigenvalue weighted by Gasteiger charge is 2.23. The Morgan fingerprint density at radius 3 is 1.98 bits per heavy atom. The van der Waals surface area contributed by atoms with Crippen molar-refractivity contribution >= 4 is 41.2 Å². The van der Waals surface area contributed by atoms with E-state index in [9.17, 15) is 24.0 Å². The minimum atomic E-state index is -0.839. The molecule has 0 heterocycles. The Bertz CT molecular complexity index is 914. The lowest BCUT2D eigenvalue weighted by Crippen LogP contribution is -2.52. The van der Waals surface area contributed by atoms with Crippen LogP contribution in [0.25, 0.3) is 0 Å². The van der Waals surface area contributed by atoms with Gasteiger partial charge < -0.3 is 27.0 Å². The van der Waals surface area contributed by atoms with Crippen LogP contribution in [0.1, 0.15) is 79.7 Å². The van der Waals surface area contributed by atoms with E-state index in [-0.39, 0.29) is 36.5 Å². The van der Waals surface area contributed by atoms with E-state index in [2.05, 4.69) is 21.3 Å². The zero-order valence-corrected chi connectivity index (χ0v) is 27.7. The van der Waals surface area contributed by atoms with Gasteiger partial charge in [0.1, 0.15) is 12.1 Å². The number of Topliss-reactive ketones (excluding diaryl/α,β-unsaturated/α-hetero) is 1. The van der Waals surface area contributed by atoms with Crippen molar-refractivity contribution in [1.82, 2.24) is 21.3 Å². The highest BCUT2D eigenvalue weighted by molar-refractivity contribution is 7.98. The second-order valence-electron chi connectivity index (χ2n) is 9.51. The van der Waals surface area contributed by atoms with Crippen LogP contribution in [-0.4, -0.2) is 72.6 Å². The number of carbonyl (C=O) groups excluding carboxylic acids is 5. The molecule has 0 aromatic heterocycles. The first-order valence-electron chi connectivity index (χ1n) is 15.0. The van der Waals surface area contributed by atoms with Gasteiger partial charge in [-0.15, -0.1) is 0 Å². The number of hydrogen-bond donors (Lipinski definition) is 5. The summed E-state index contributed by atoms with van der Waals surface area (Å²) in [5, 5.41) is 10.7. The molecule has 3 atom stereocenters. The summed E-state index contributed by atoms with van der Waals surface area (Å²) in [7, 11) is 0. The highest BCUT2D eigenvalue weighted by atomic mass is 32.2. The van der Waals surface area contributed by atoms with Crippen LogP contribution in [0.4, 0.5) is 0 Å². The molecule has 1 aromatic rings. The molecule has 11 heteroatoms. The molecule has 1 aromatic carbocycles. The minimum absolute atomic E-state index is 0.0272. The van der Waals surface area contributed by atoms with Gasteiger partial charge in [0, 0.05) is 25.8 Å². The molecule has 0 saturated heterocycles. The largest absolute Gasteiger partial charge is 0.354 e. The first-order chi connectivity index (χ1) is 20.0. The molecule has 0 fully saturated rings. The van der Waals surface area contributed by atoms with Crippen LogP contribution in [0.5, 0.6) is 0 Å². The van der Waals surface area contributed by atoms with Gasteiger partial charge in [-0.3, -0.25) is 24.0 Å². The summed E-state index contributed by atoms with van der Waals surface area (Å²) in [5.41, 5.74) is 6.80. The third-order valence-corrected chi connectivity index (χ3v) is 6.48. The normalized spacial score (nSPS) is 12.2. The minimum Gasteiger partial charge on any atom is -0.354 e. The zero-order valence-electron chi connectivity index (χ0n) is 26.9. The molecule has 0 bridgehead atoms. The number of thioether (sulfide) groups is 1. The molecule has 0 aliphatic rings. The molecule has 0 spiro atoms. The fraction of sp³-hybridized carbons (Fsp3) is 0.645. The quantitative estimate of drug-likeness (QED) is 0.160. The molecule has 0 radical (unpaired) electrons. The number of unbranched alkanes of at least 4 members (excludes halogenated alkanes) is 1. The maximum atomic E-state index is 12.9. The van der Waals surface area contributed by atoms with Gasteiger partial charge in [-0.1, -0.05) is 71.9 Å². The Kier molecular flexibility index (Phi) is 25.3. The standard InChI is InChI=1S/C27H43N5O5S.2C2H6/c1-18(2)25(35)21(28)12-8-9-14-29-27(37)23(16-20-10-6-5-7-11-20)32-24(34)17-30-26(36)22(13-15-38-4)31-19(3)33;2*1-2/h5-7,10-11,18,21-23H,8-9,12-17,28H2,1-4H3,(H,29,37)(H,30,36)(H,31,33)(H,32,34);2*1-2H3. The van der Waals surface area contributed by atoms with Gasteiger partial charge in [0.05, 0.1) is 12.6 Å². The third kappa shape index (κ3) is 19.2. The van der Waals surface area contributed by atoms with Crippen LogP contribution in [0.15, 0.2) is 30.3 Å². The summed E-state index contributed by atoms with van der Waals surface area (Å²) in [6, 6.07) is 7.22. The van der Waals surface area contributed by atoms with Crippen LogP contribution < -0.4 is 27.0 Å². The van der Waals surface area contributed by atoms with E-state index in [4.69, 9.17) is 5.73 Å². The Morgan fingerprint density at radius 1 is 0.833 bits per heavy atom. The molecule has 42 heavy (non-hydrogen) atoms. The van der Waals surface area contributed by atoms with Gasteiger partial charge in [-0.2, -0.15) is 11.8 Å². The molecular weight excluding hydrogens is 554 g/mol. The zero-order chi connectivity index (χ0) is 32.5. The summed E-state index contributed by atoms with van der Waals surface area (Å²) < 4.78 is 0. The number of rotatable bonds is 18. The summed E-state index contributed by atoms with van der Waals surface area (Å²) in [6.45, 7) is 13.0. The third-order valence-electron chi connectivity index (χ3n) is 5.84. The van der Waals surface area contributed by atoms with Gasteiger partial charge in [-0.25, -0.2) is 0 Å². The van der Waals surface area contributed by atoms with Gasteiger partial charge in [0.2, 0.25) is 23.6 Å². The first-order valence-corrected chi connectivity index (χ1v) is 16.4. The molecule has 3 unspecified atom stereocenters. The summed E-state index contributed by atoms with van der Waals surface area (Å²) in [6.07, 6.45) is 4.50. The number of nitrogens with two attached hydrogens (primary N) is 1. The van der Waals surface area contributed by atoms with Crippen molar-refractivity contribution in [2.45, 2.75) is 98.7 Å². The maximum Gasteiger partial charge on any atom is 0.243 e. The number of carbonyl (C=O) groups is 5. The molecule has 4 amide bonds. The van der Waals surface area contributed by atoms with Crippen molar-refractivity contribution < 1.29 is 24.0 Å². The van der Waals surface area contributed by atoms with Crippen molar-refractivity contribution in [3.63, 3.8) is 0 Å². The Morgan fingerprint density at radius 2 is 1.43 bits per heavy atom. The van der Waals surface area contributed by atoms with E-state index in [0.717, 1.165) is 5.56 Å². The fourth-order valence-electron chi connectivity index (χ4n) is 3.74. The lowest BCUT2D eigenvalue weighted by atomic mass is 9.98. The van der Waals surface area contributed by atoms with Crippen LogP contribution in [0.3, 0.4) is 0 Å². The van der Waals surface area contributed by atoms with Crippen molar-refractivity contribution in [2.24, 2.45) is 11.7 Å². The smallest absolute Gasteiger partial charge is 0.243 e. The predicted octanol–water partition coefficient (Wildman–Crippen LogP) is 2.98. The van der Waals surface area contributed by atoms with E-state index in [1.165, 1.54) is 6.92 Å². The monoisotopic (exact) mass is 609 g/mol. The molecule has 0 saturated carbocycles. The molecule has 0 aliphatic heterocycles. The van der Waals surface area contributed by atoms with Crippen LogP contribution in [-0.2, 0) is 30.4 Å². The number of benzene rings is 1. The molecular formula is C31H55N5O5S. The van der Waals surface area contributed by atoms with Crippen molar-refractivity contribution in [2.75, 3.05) is 25.1 Å². The Balaban J connectivity index is 0. The van der Waals surface area contributed by atoms with E-state index in [1.54, 1.807) is 11.8 Å². The topological polar surface area (TPSA) is 159 Å². The van der Waals surface area contributed by atoms with Crippen LogP contribution >= 0.6 is 11.8 Å². The van der Waals surface area contributed by atoms with Gasteiger partial charge in [0.25, 0.3) is 0 Å². The van der Waals surface area contributed by atoms with E-state index < -0.39 is 29.9 Å². The first kappa shape index (κ1) is 41.2. The highest BCUT2D eigenvalue weighted by Crippen LogP contribution is 2.07. The lowest BCUT2D eigenvalue weighted by Gasteiger charge is -2.20. The van der Waals surface area contributed by atoms with Crippen LogP contribution in [0.2, 0.25) is 0 Å². The van der Waals surface area contributed by atoms with E-state index in [1.807, 2.05) is 78.1 Å². The Hall–Kier alpha value is -2.92. The van der Waals surface area contributed by atoms with E-state index >= 15 is 0 Å². The maximum absolute atomic E-state index is 12.9. The predicted molar refractivity (Wildman–Crippen MR) is 173 cm³/mol. The van der Waals surface area contributed by atoms with Crippen LogP contribution in [0, 0.1) is 5.92 Å². The number of nitrogens with one attached hydrogen (secondary N) is 4. The summed E-state index contributed by atoms with van der Waals surface area (Å²) >= 11 is 1.55. The fourth-order valence-corrected chi connectivity index (χ4v) is 4.21. The second-order valence-corrected chi connectivity index (χ2v) is 10.5. The number of hydrogen-bond acceptors (Lipinski definition) is 7.